The van der Waals surface area contributed by atoms with E-state index in [2.05, 4.69) is 11.2 Å². The minimum absolute atomic E-state index is 0.584. The van der Waals surface area contributed by atoms with E-state index in [1.54, 1.807) is 13.0 Å². The summed E-state index contributed by atoms with van der Waals surface area (Å²) in [6, 6.07) is 10.3. The zero-order valence-corrected chi connectivity index (χ0v) is 5.70. The Bertz CT molecular complexity index is 228. The lowest BCUT2D eigenvalue weighted by Crippen LogP contribution is -1.92. The first-order valence-corrected chi connectivity index (χ1v) is 3.00. The molecule has 0 aromatic heterocycles. The molecule has 0 unspecified atom stereocenters. The van der Waals surface area contributed by atoms with Gasteiger partial charge in [-0.3, -0.25) is 0 Å². The average molecular weight is 134 g/mol. The van der Waals surface area contributed by atoms with Crippen molar-refractivity contribution in [3.05, 3.63) is 35.9 Å². The SMILES string of the molecule is C/C(=N/O)c1[c]cccc1. The van der Waals surface area contributed by atoms with Gasteiger partial charge in [0.15, 0.2) is 0 Å². The molecule has 2 nitrogen and oxygen atoms in total. The maximum Gasteiger partial charge on any atom is 0.0843 e. The van der Waals surface area contributed by atoms with Crippen LogP contribution in [0.4, 0.5) is 0 Å². The van der Waals surface area contributed by atoms with Crippen molar-refractivity contribution in [1.82, 2.24) is 0 Å². The first-order chi connectivity index (χ1) is 4.84. The molecule has 51 valence electrons. The van der Waals surface area contributed by atoms with Crippen LogP contribution in [0, 0.1) is 6.07 Å². The summed E-state index contributed by atoms with van der Waals surface area (Å²) in [6.45, 7) is 1.73. The molecular weight excluding hydrogens is 126 g/mol. The van der Waals surface area contributed by atoms with Gasteiger partial charge in [-0.15, -0.1) is 0 Å². The maximum atomic E-state index is 8.36. The number of hydrogen-bond acceptors (Lipinski definition) is 2. The van der Waals surface area contributed by atoms with Gasteiger partial charge in [0, 0.05) is 5.56 Å². The lowest BCUT2D eigenvalue weighted by atomic mass is 10.1. The lowest BCUT2D eigenvalue weighted by molar-refractivity contribution is 0.319. The molecule has 1 radical (unpaired) electrons. The van der Waals surface area contributed by atoms with Crippen LogP contribution in [-0.4, -0.2) is 10.9 Å². The largest absolute Gasteiger partial charge is 0.411 e. The fourth-order valence-corrected chi connectivity index (χ4v) is 0.672. The molecule has 0 bridgehead atoms. The zero-order chi connectivity index (χ0) is 7.40. The van der Waals surface area contributed by atoms with Gasteiger partial charge in [0.1, 0.15) is 0 Å². The molecule has 0 fully saturated rings. The van der Waals surface area contributed by atoms with Crippen LogP contribution in [0.25, 0.3) is 0 Å². The molecule has 0 aliphatic rings. The van der Waals surface area contributed by atoms with Crippen molar-refractivity contribution in [3.63, 3.8) is 0 Å². The van der Waals surface area contributed by atoms with E-state index >= 15 is 0 Å². The van der Waals surface area contributed by atoms with Gasteiger partial charge in [0.2, 0.25) is 0 Å². The second kappa shape index (κ2) is 3.01. The number of oxime groups is 1. The summed E-state index contributed by atoms with van der Waals surface area (Å²) in [5.41, 5.74) is 1.41. The summed E-state index contributed by atoms with van der Waals surface area (Å²) in [5, 5.41) is 11.4. The van der Waals surface area contributed by atoms with Crippen LogP contribution in [0.5, 0.6) is 0 Å². The molecule has 1 rings (SSSR count). The molecule has 1 aromatic carbocycles. The van der Waals surface area contributed by atoms with Gasteiger partial charge in [0.25, 0.3) is 0 Å². The molecule has 0 spiro atoms. The van der Waals surface area contributed by atoms with E-state index in [0.29, 0.717) is 5.71 Å². The third-order valence-corrected chi connectivity index (χ3v) is 1.25. The molecule has 10 heavy (non-hydrogen) atoms. The predicted octanol–water partition coefficient (Wildman–Crippen LogP) is 1.68. The van der Waals surface area contributed by atoms with Crippen molar-refractivity contribution >= 4 is 5.71 Å². The van der Waals surface area contributed by atoms with Crippen LogP contribution in [0.15, 0.2) is 29.4 Å². The molecule has 0 aliphatic carbocycles. The molecule has 0 amide bonds. The van der Waals surface area contributed by atoms with Crippen LogP contribution in [-0.2, 0) is 0 Å². The highest BCUT2D eigenvalue weighted by atomic mass is 16.4. The Morgan fingerprint density at radius 3 is 2.90 bits per heavy atom. The lowest BCUT2D eigenvalue weighted by Gasteiger charge is -1.93. The van der Waals surface area contributed by atoms with Crippen molar-refractivity contribution in [3.8, 4) is 0 Å². The molecule has 1 aromatic rings. The van der Waals surface area contributed by atoms with E-state index < -0.39 is 0 Å². The quantitative estimate of drug-likeness (QED) is 0.354. The minimum atomic E-state index is 0.584. The minimum Gasteiger partial charge on any atom is -0.411 e. The molecule has 2 heteroatoms. The van der Waals surface area contributed by atoms with E-state index in [1.807, 2.05) is 18.2 Å². The van der Waals surface area contributed by atoms with Crippen molar-refractivity contribution < 1.29 is 5.21 Å². The first-order valence-electron chi connectivity index (χ1n) is 3.00. The van der Waals surface area contributed by atoms with Gasteiger partial charge in [-0.1, -0.05) is 29.4 Å². The van der Waals surface area contributed by atoms with Gasteiger partial charge in [-0.05, 0) is 13.0 Å². The number of nitrogens with zero attached hydrogens (tertiary/aromatic N) is 1. The van der Waals surface area contributed by atoms with E-state index in [4.69, 9.17) is 5.21 Å². The zero-order valence-electron chi connectivity index (χ0n) is 5.70. The van der Waals surface area contributed by atoms with Gasteiger partial charge < -0.3 is 5.21 Å². The van der Waals surface area contributed by atoms with Gasteiger partial charge >= 0.3 is 0 Å². The summed E-state index contributed by atoms with van der Waals surface area (Å²) >= 11 is 0. The van der Waals surface area contributed by atoms with E-state index in [0.717, 1.165) is 5.56 Å². The van der Waals surface area contributed by atoms with Crippen LogP contribution in [0.2, 0.25) is 0 Å². The molecular formula is C8H8NO. The van der Waals surface area contributed by atoms with Crippen LogP contribution in [0.1, 0.15) is 12.5 Å². The smallest absolute Gasteiger partial charge is 0.0843 e. The molecule has 0 atom stereocenters. The Labute approximate surface area is 59.8 Å². The van der Waals surface area contributed by atoms with Gasteiger partial charge in [-0.25, -0.2) is 0 Å². The topological polar surface area (TPSA) is 32.6 Å². The third kappa shape index (κ3) is 1.35. The number of rotatable bonds is 1. The molecule has 0 aliphatic heterocycles. The second-order valence-electron chi connectivity index (χ2n) is 1.96. The van der Waals surface area contributed by atoms with Crippen molar-refractivity contribution in [1.29, 1.82) is 0 Å². The summed E-state index contributed by atoms with van der Waals surface area (Å²) in [4.78, 5) is 0. The Hall–Kier alpha value is -1.31. The highest BCUT2D eigenvalue weighted by Gasteiger charge is 1.93. The summed E-state index contributed by atoms with van der Waals surface area (Å²) < 4.78 is 0. The fraction of sp³-hybridized carbons (Fsp3) is 0.125. The molecule has 0 heterocycles. The van der Waals surface area contributed by atoms with Gasteiger partial charge in [-0.2, -0.15) is 0 Å². The van der Waals surface area contributed by atoms with Crippen molar-refractivity contribution in [2.45, 2.75) is 6.92 Å². The highest BCUT2D eigenvalue weighted by Crippen LogP contribution is 1.98. The Kier molecular flexibility index (Phi) is 2.05. The fourth-order valence-electron chi connectivity index (χ4n) is 0.672. The second-order valence-corrected chi connectivity index (χ2v) is 1.96. The summed E-state index contributed by atoms with van der Waals surface area (Å²) in [7, 11) is 0. The van der Waals surface area contributed by atoms with Gasteiger partial charge in [0.05, 0.1) is 5.71 Å². The summed E-state index contributed by atoms with van der Waals surface area (Å²) in [6.07, 6.45) is 0. The van der Waals surface area contributed by atoms with Crippen LogP contribution < -0.4 is 0 Å². The molecule has 0 saturated carbocycles. The average Bonchev–Trinajstić information content (AvgIpc) is 2.05. The first kappa shape index (κ1) is 6.81. The number of benzene rings is 1. The third-order valence-electron chi connectivity index (χ3n) is 1.25. The Balaban J connectivity index is 2.96. The maximum absolute atomic E-state index is 8.36. The number of hydrogen-bond donors (Lipinski definition) is 1. The standard InChI is InChI=1S/C8H8NO/c1-7(9-10)8-5-3-2-4-6-8/h2-5,10H,1H3/b9-7-. The summed E-state index contributed by atoms with van der Waals surface area (Å²) in [5.74, 6) is 0. The van der Waals surface area contributed by atoms with Crippen LogP contribution in [0.3, 0.4) is 0 Å². The Morgan fingerprint density at radius 1 is 1.60 bits per heavy atom. The monoisotopic (exact) mass is 134 g/mol. The van der Waals surface area contributed by atoms with Crippen molar-refractivity contribution in [2.24, 2.45) is 5.16 Å². The molecule has 1 N–H and O–H groups in total. The highest BCUT2D eigenvalue weighted by molar-refractivity contribution is 5.97. The van der Waals surface area contributed by atoms with E-state index in [1.165, 1.54) is 0 Å². The predicted molar refractivity (Wildman–Crippen MR) is 39.3 cm³/mol. The van der Waals surface area contributed by atoms with E-state index in [9.17, 15) is 0 Å². The Morgan fingerprint density at radius 2 is 2.40 bits per heavy atom. The normalized spacial score (nSPS) is 11.5. The van der Waals surface area contributed by atoms with Crippen molar-refractivity contribution in [2.75, 3.05) is 0 Å². The van der Waals surface area contributed by atoms with Crippen LogP contribution >= 0.6 is 0 Å². The molecule has 0 saturated heterocycles. The van der Waals surface area contributed by atoms with E-state index in [-0.39, 0.29) is 0 Å².